The summed E-state index contributed by atoms with van der Waals surface area (Å²) in [6, 6.07) is 5.16. The zero-order chi connectivity index (χ0) is 14.9. The van der Waals surface area contributed by atoms with E-state index in [1.54, 1.807) is 6.07 Å². The molecule has 1 saturated carbocycles. The third-order valence-corrected chi connectivity index (χ3v) is 5.15. The fourth-order valence-electron chi connectivity index (χ4n) is 2.86. The van der Waals surface area contributed by atoms with Crippen molar-refractivity contribution in [3.8, 4) is 0 Å². The Morgan fingerprint density at radius 3 is 2.30 bits per heavy atom. The number of anilines is 2. The Morgan fingerprint density at radius 2 is 1.80 bits per heavy atom. The number of nitrogens with zero attached hydrogens (tertiary/aromatic N) is 1. The van der Waals surface area contributed by atoms with Crippen LogP contribution in [0.3, 0.4) is 0 Å². The summed E-state index contributed by atoms with van der Waals surface area (Å²) in [5.41, 5.74) is 7.32. The summed E-state index contributed by atoms with van der Waals surface area (Å²) >= 11 is 0. The number of hydrogen-bond donors (Lipinski definition) is 2. The van der Waals surface area contributed by atoms with Gasteiger partial charge in [0.25, 0.3) is 0 Å². The van der Waals surface area contributed by atoms with Gasteiger partial charge in [0.2, 0.25) is 10.0 Å². The molecule has 0 unspecified atom stereocenters. The molecule has 0 atom stereocenters. The van der Waals surface area contributed by atoms with E-state index in [-0.39, 0.29) is 4.90 Å². The maximum Gasteiger partial charge on any atom is 0.238 e. The van der Waals surface area contributed by atoms with Crippen LogP contribution in [0.25, 0.3) is 0 Å². The maximum absolute atomic E-state index is 11.3. The predicted molar refractivity (Wildman–Crippen MR) is 82.1 cm³/mol. The van der Waals surface area contributed by atoms with Gasteiger partial charge >= 0.3 is 0 Å². The van der Waals surface area contributed by atoms with Crippen LogP contribution in [-0.4, -0.2) is 21.5 Å². The molecule has 0 bridgehead atoms. The molecule has 0 radical (unpaired) electrons. The van der Waals surface area contributed by atoms with Crippen molar-refractivity contribution in [2.45, 2.75) is 43.5 Å². The second-order valence-corrected chi connectivity index (χ2v) is 7.35. The highest BCUT2D eigenvalue weighted by Crippen LogP contribution is 2.32. The molecular weight excluding hydrogens is 274 g/mol. The predicted octanol–water partition coefficient (Wildman–Crippen LogP) is 1.93. The molecule has 2 rings (SSSR count). The number of primary sulfonamides is 1. The molecule has 0 amide bonds. The monoisotopic (exact) mass is 297 g/mol. The molecule has 112 valence electrons. The minimum Gasteiger partial charge on any atom is -0.397 e. The van der Waals surface area contributed by atoms with E-state index in [1.807, 2.05) is 7.05 Å². The largest absolute Gasteiger partial charge is 0.397 e. The minimum atomic E-state index is -3.70. The third-order valence-electron chi connectivity index (χ3n) is 4.24. The molecule has 1 aromatic carbocycles. The number of nitrogens with two attached hydrogens (primary N) is 2. The van der Waals surface area contributed by atoms with Crippen LogP contribution in [0.4, 0.5) is 11.4 Å². The molecular formula is C14H23N3O2S. The maximum atomic E-state index is 11.3. The van der Waals surface area contributed by atoms with Crippen molar-refractivity contribution < 1.29 is 8.42 Å². The highest BCUT2D eigenvalue weighted by molar-refractivity contribution is 7.89. The summed E-state index contributed by atoms with van der Waals surface area (Å²) in [6.45, 7) is 2.28. The molecule has 0 spiro atoms. The van der Waals surface area contributed by atoms with Crippen molar-refractivity contribution in [2.24, 2.45) is 11.1 Å². The van der Waals surface area contributed by atoms with E-state index in [1.165, 1.54) is 25.0 Å². The SMILES string of the molecule is CC1CCC(N(C)c2ccc(S(N)(=O)=O)cc2N)CC1. The fourth-order valence-corrected chi connectivity index (χ4v) is 3.41. The van der Waals surface area contributed by atoms with Crippen LogP contribution in [0.5, 0.6) is 0 Å². The molecule has 0 heterocycles. The number of rotatable bonds is 3. The zero-order valence-electron chi connectivity index (χ0n) is 12.0. The molecule has 0 aromatic heterocycles. The topological polar surface area (TPSA) is 89.4 Å². The molecule has 1 aliphatic rings. The van der Waals surface area contributed by atoms with Gasteiger partial charge in [0.15, 0.2) is 0 Å². The van der Waals surface area contributed by atoms with Crippen LogP contribution >= 0.6 is 0 Å². The summed E-state index contributed by atoms with van der Waals surface area (Å²) in [5.74, 6) is 0.793. The highest BCUT2D eigenvalue weighted by Gasteiger charge is 2.23. The number of sulfonamides is 1. The lowest BCUT2D eigenvalue weighted by Crippen LogP contribution is -2.35. The van der Waals surface area contributed by atoms with E-state index in [9.17, 15) is 8.42 Å². The molecule has 4 N–H and O–H groups in total. The first kappa shape index (κ1) is 15.1. The van der Waals surface area contributed by atoms with Gasteiger partial charge in [-0.25, -0.2) is 13.6 Å². The molecule has 1 aliphatic carbocycles. The molecule has 0 saturated heterocycles. The second-order valence-electron chi connectivity index (χ2n) is 5.79. The highest BCUT2D eigenvalue weighted by atomic mass is 32.2. The lowest BCUT2D eigenvalue weighted by Gasteiger charge is -2.35. The van der Waals surface area contributed by atoms with E-state index in [2.05, 4.69) is 11.8 Å². The molecule has 1 aromatic rings. The number of nitrogen functional groups attached to an aromatic ring is 1. The second kappa shape index (κ2) is 5.61. The zero-order valence-corrected chi connectivity index (χ0v) is 12.9. The van der Waals surface area contributed by atoms with E-state index in [4.69, 9.17) is 10.9 Å². The van der Waals surface area contributed by atoms with Crippen molar-refractivity contribution in [3.63, 3.8) is 0 Å². The average Bonchev–Trinajstić information content (AvgIpc) is 2.37. The van der Waals surface area contributed by atoms with Crippen LogP contribution < -0.4 is 15.8 Å². The Labute approximate surface area is 121 Å². The minimum absolute atomic E-state index is 0.0596. The first-order chi connectivity index (χ1) is 9.29. The van der Waals surface area contributed by atoms with Crippen molar-refractivity contribution in [2.75, 3.05) is 17.7 Å². The Kier molecular flexibility index (Phi) is 4.25. The summed E-state index contributed by atoms with van der Waals surface area (Å²) < 4.78 is 22.6. The lowest BCUT2D eigenvalue weighted by atomic mass is 9.86. The molecule has 1 fully saturated rings. The summed E-state index contributed by atoms with van der Waals surface area (Å²) in [7, 11) is -1.68. The van der Waals surface area contributed by atoms with Gasteiger partial charge in [-0.15, -0.1) is 0 Å². The molecule has 6 heteroatoms. The van der Waals surface area contributed by atoms with Gasteiger partial charge in [0.1, 0.15) is 0 Å². The number of hydrogen-bond acceptors (Lipinski definition) is 4. The molecule has 20 heavy (non-hydrogen) atoms. The Balaban J connectivity index is 2.20. The normalized spacial score (nSPS) is 23.6. The smallest absolute Gasteiger partial charge is 0.238 e. The van der Waals surface area contributed by atoms with Gasteiger partial charge in [-0.05, 0) is 49.8 Å². The van der Waals surface area contributed by atoms with E-state index in [0.29, 0.717) is 11.7 Å². The van der Waals surface area contributed by atoms with E-state index >= 15 is 0 Å². The molecule has 0 aliphatic heterocycles. The van der Waals surface area contributed by atoms with Gasteiger partial charge in [-0.1, -0.05) is 6.92 Å². The fraction of sp³-hybridized carbons (Fsp3) is 0.571. The molecule has 5 nitrogen and oxygen atoms in total. The van der Waals surface area contributed by atoms with Crippen LogP contribution in [0.1, 0.15) is 32.6 Å². The van der Waals surface area contributed by atoms with Crippen molar-refractivity contribution in [1.82, 2.24) is 0 Å². The Morgan fingerprint density at radius 1 is 1.20 bits per heavy atom. The quantitative estimate of drug-likeness (QED) is 0.834. The van der Waals surface area contributed by atoms with Gasteiger partial charge < -0.3 is 10.6 Å². The van der Waals surface area contributed by atoms with Gasteiger partial charge in [0.05, 0.1) is 16.3 Å². The van der Waals surface area contributed by atoms with Crippen molar-refractivity contribution in [1.29, 1.82) is 0 Å². The first-order valence-corrected chi connectivity index (χ1v) is 8.49. The van der Waals surface area contributed by atoms with Crippen molar-refractivity contribution >= 4 is 21.4 Å². The summed E-state index contributed by atoms with van der Waals surface area (Å²) in [6.07, 6.45) is 4.75. The summed E-state index contributed by atoms with van der Waals surface area (Å²) in [4.78, 5) is 2.22. The van der Waals surface area contributed by atoms with Crippen LogP contribution in [0, 0.1) is 5.92 Å². The third kappa shape index (κ3) is 3.24. The summed E-state index contributed by atoms with van der Waals surface area (Å²) in [5, 5.41) is 5.11. The van der Waals surface area contributed by atoms with Gasteiger partial charge in [-0.3, -0.25) is 0 Å². The first-order valence-electron chi connectivity index (χ1n) is 6.94. The van der Waals surface area contributed by atoms with Crippen molar-refractivity contribution in [3.05, 3.63) is 18.2 Å². The van der Waals surface area contributed by atoms with Crippen LogP contribution in [0.2, 0.25) is 0 Å². The standard InChI is InChI=1S/C14H23N3O2S/c1-10-3-5-11(6-4-10)17(2)14-8-7-12(9-13(14)15)20(16,18)19/h7-11H,3-6,15H2,1-2H3,(H2,16,18,19). The van der Waals surface area contributed by atoms with Crippen LogP contribution in [-0.2, 0) is 10.0 Å². The Hall–Kier alpha value is -1.27. The van der Waals surface area contributed by atoms with Gasteiger partial charge in [-0.2, -0.15) is 0 Å². The van der Waals surface area contributed by atoms with Crippen LogP contribution in [0.15, 0.2) is 23.1 Å². The van der Waals surface area contributed by atoms with E-state index < -0.39 is 10.0 Å². The number of benzene rings is 1. The Bertz CT molecular complexity index is 578. The van der Waals surface area contributed by atoms with E-state index in [0.717, 1.165) is 24.4 Å². The lowest BCUT2D eigenvalue weighted by molar-refractivity contribution is 0.341. The van der Waals surface area contributed by atoms with Gasteiger partial charge in [0, 0.05) is 13.1 Å². The average molecular weight is 297 g/mol.